The summed E-state index contributed by atoms with van der Waals surface area (Å²) in [7, 11) is 0. The van der Waals surface area contributed by atoms with Gasteiger partial charge in [0.2, 0.25) is 5.91 Å². The van der Waals surface area contributed by atoms with Crippen LogP contribution in [0.3, 0.4) is 0 Å². The molecule has 0 aromatic heterocycles. The van der Waals surface area contributed by atoms with Gasteiger partial charge in [0, 0.05) is 23.4 Å². The molecule has 102 valence electrons. The lowest BCUT2D eigenvalue weighted by atomic mass is 9.87. The molecule has 0 aromatic rings. The van der Waals surface area contributed by atoms with Gasteiger partial charge in [-0.1, -0.05) is 12.8 Å². The van der Waals surface area contributed by atoms with E-state index in [2.05, 4.69) is 16.9 Å². The van der Waals surface area contributed by atoms with E-state index in [-0.39, 0.29) is 5.92 Å². The Hall–Kier alpha value is -0.220. The minimum Gasteiger partial charge on any atom is -0.352 e. The number of amides is 1. The second-order valence-corrected chi connectivity index (χ2v) is 7.14. The molecule has 18 heavy (non-hydrogen) atoms. The van der Waals surface area contributed by atoms with Gasteiger partial charge >= 0.3 is 0 Å². The fourth-order valence-electron chi connectivity index (χ4n) is 3.95. The summed E-state index contributed by atoms with van der Waals surface area (Å²) in [5.74, 6) is 0.564. The predicted molar refractivity (Wildman–Crippen MR) is 75.8 cm³/mol. The molecule has 0 radical (unpaired) electrons. The van der Waals surface area contributed by atoms with Gasteiger partial charge in [-0.3, -0.25) is 4.79 Å². The molecule has 2 N–H and O–H groups in total. The standard InChI is InChI=1S/C14H24N2OS/c1-18-13-5-3-2-4-12(13)16-14(17)10-8-9-6-7-11(10)15-9/h9-13,15H,2-8H2,1H3,(H,16,17). The van der Waals surface area contributed by atoms with E-state index >= 15 is 0 Å². The van der Waals surface area contributed by atoms with Crippen LogP contribution in [0.25, 0.3) is 0 Å². The molecule has 2 heterocycles. The van der Waals surface area contributed by atoms with E-state index in [0.717, 1.165) is 6.42 Å². The number of fused-ring (bicyclic) bond motifs is 2. The van der Waals surface area contributed by atoms with Gasteiger partial charge in [0.05, 0.1) is 5.92 Å². The first kappa shape index (κ1) is 12.8. The fourth-order valence-corrected chi connectivity index (χ4v) is 4.88. The molecule has 2 bridgehead atoms. The molecule has 1 saturated carbocycles. The van der Waals surface area contributed by atoms with Gasteiger partial charge < -0.3 is 10.6 Å². The Morgan fingerprint density at radius 2 is 2.06 bits per heavy atom. The van der Waals surface area contributed by atoms with Gasteiger partial charge in [-0.25, -0.2) is 0 Å². The van der Waals surface area contributed by atoms with E-state index in [9.17, 15) is 4.79 Å². The highest BCUT2D eigenvalue weighted by molar-refractivity contribution is 7.99. The van der Waals surface area contributed by atoms with Crippen molar-refractivity contribution in [3.63, 3.8) is 0 Å². The highest BCUT2D eigenvalue weighted by Gasteiger charge is 2.43. The van der Waals surface area contributed by atoms with Crippen LogP contribution in [0.1, 0.15) is 44.9 Å². The average molecular weight is 268 g/mol. The van der Waals surface area contributed by atoms with Crippen LogP contribution in [0.5, 0.6) is 0 Å². The van der Waals surface area contributed by atoms with Crippen LogP contribution in [0, 0.1) is 5.92 Å². The summed E-state index contributed by atoms with van der Waals surface area (Å²) >= 11 is 1.92. The SMILES string of the molecule is CSC1CCCCC1NC(=O)C1CC2CCC1N2. The smallest absolute Gasteiger partial charge is 0.224 e. The Morgan fingerprint density at radius 1 is 1.22 bits per heavy atom. The third-order valence-corrected chi connectivity index (χ3v) is 6.14. The van der Waals surface area contributed by atoms with E-state index in [1.807, 2.05) is 11.8 Å². The third kappa shape index (κ3) is 2.42. The van der Waals surface area contributed by atoms with Crippen molar-refractivity contribution >= 4 is 17.7 Å². The van der Waals surface area contributed by atoms with Crippen molar-refractivity contribution in [3.05, 3.63) is 0 Å². The highest BCUT2D eigenvalue weighted by Crippen LogP contribution is 2.34. The van der Waals surface area contributed by atoms with E-state index < -0.39 is 0 Å². The van der Waals surface area contributed by atoms with Crippen LogP contribution >= 0.6 is 11.8 Å². The zero-order valence-electron chi connectivity index (χ0n) is 11.2. The topological polar surface area (TPSA) is 41.1 Å². The molecule has 3 fully saturated rings. The summed E-state index contributed by atoms with van der Waals surface area (Å²) in [5.41, 5.74) is 0. The molecule has 0 aromatic carbocycles. The second-order valence-electron chi connectivity index (χ2n) is 6.06. The lowest BCUT2D eigenvalue weighted by molar-refractivity contribution is -0.126. The molecule has 1 aliphatic carbocycles. The predicted octanol–water partition coefficient (Wildman–Crippen LogP) is 1.92. The van der Waals surface area contributed by atoms with Crippen LogP contribution in [-0.4, -0.2) is 35.5 Å². The van der Waals surface area contributed by atoms with Crippen LogP contribution in [0.15, 0.2) is 0 Å². The zero-order valence-corrected chi connectivity index (χ0v) is 12.0. The normalized spacial score (nSPS) is 43.1. The van der Waals surface area contributed by atoms with Crippen molar-refractivity contribution in [2.75, 3.05) is 6.26 Å². The molecule has 1 amide bonds. The first-order chi connectivity index (χ1) is 8.78. The van der Waals surface area contributed by atoms with Gasteiger partial charge in [0.15, 0.2) is 0 Å². The van der Waals surface area contributed by atoms with E-state index in [4.69, 9.17) is 0 Å². The fraction of sp³-hybridized carbons (Fsp3) is 0.929. The molecule has 3 nitrogen and oxygen atoms in total. The summed E-state index contributed by atoms with van der Waals surface area (Å²) in [4.78, 5) is 12.4. The number of hydrogen-bond acceptors (Lipinski definition) is 3. The van der Waals surface area contributed by atoms with Crippen molar-refractivity contribution < 1.29 is 4.79 Å². The molecule has 2 saturated heterocycles. The Kier molecular flexibility index (Phi) is 3.85. The highest BCUT2D eigenvalue weighted by atomic mass is 32.2. The summed E-state index contributed by atoms with van der Waals surface area (Å²) in [6, 6.07) is 1.50. The number of carbonyl (C=O) groups excluding carboxylic acids is 1. The quantitative estimate of drug-likeness (QED) is 0.821. The van der Waals surface area contributed by atoms with Crippen molar-refractivity contribution in [1.29, 1.82) is 0 Å². The van der Waals surface area contributed by atoms with Gasteiger partial charge in [-0.2, -0.15) is 11.8 Å². The lowest BCUT2D eigenvalue weighted by Crippen LogP contribution is -2.48. The molecule has 2 aliphatic heterocycles. The number of thioether (sulfide) groups is 1. The molecule has 5 unspecified atom stereocenters. The first-order valence-corrected chi connectivity index (χ1v) is 8.66. The van der Waals surface area contributed by atoms with Crippen LogP contribution < -0.4 is 10.6 Å². The van der Waals surface area contributed by atoms with Gasteiger partial charge in [0.1, 0.15) is 0 Å². The lowest BCUT2D eigenvalue weighted by Gasteiger charge is -2.32. The van der Waals surface area contributed by atoms with E-state index in [1.165, 1.54) is 38.5 Å². The second kappa shape index (κ2) is 5.41. The Morgan fingerprint density at radius 3 is 2.72 bits per heavy atom. The Bertz CT molecular complexity index is 323. The summed E-state index contributed by atoms with van der Waals surface area (Å²) in [6.45, 7) is 0. The maximum absolute atomic E-state index is 12.4. The van der Waals surface area contributed by atoms with Crippen molar-refractivity contribution in [2.24, 2.45) is 5.92 Å². The minimum atomic E-state index is 0.244. The molecular formula is C14H24N2OS. The largest absolute Gasteiger partial charge is 0.352 e. The minimum absolute atomic E-state index is 0.244. The van der Waals surface area contributed by atoms with Crippen molar-refractivity contribution in [3.8, 4) is 0 Å². The van der Waals surface area contributed by atoms with Gasteiger partial charge in [0.25, 0.3) is 0 Å². The first-order valence-electron chi connectivity index (χ1n) is 7.37. The Labute approximate surface area is 114 Å². The maximum atomic E-state index is 12.4. The van der Waals surface area contributed by atoms with Crippen LogP contribution in [0.2, 0.25) is 0 Å². The molecular weight excluding hydrogens is 244 g/mol. The van der Waals surface area contributed by atoms with Crippen molar-refractivity contribution in [2.45, 2.75) is 68.3 Å². The summed E-state index contributed by atoms with van der Waals surface area (Å²) < 4.78 is 0. The monoisotopic (exact) mass is 268 g/mol. The molecule has 4 heteroatoms. The van der Waals surface area contributed by atoms with Crippen LogP contribution in [-0.2, 0) is 4.79 Å². The summed E-state index contributed by atoms with van der Waals surface area (Å²) in [6.07, 6.45) is 10.7. The van der Waals surface area contributed by atoms with Crippen LogP contribution in [0.4, 0.5) is 0 Å². The maximum Gasteiger partial charge on any atom is 0.224 e. The molecule has 0 spiro atoms. The number of nitrogens with one attached hydrogen (secondary N) is 2. The number of rotatable bonds is 3. The Balaban J connectivity index is 1.56. The average Bonchev–Trinajstić information content (AvgIpc) is 3.01. The number of hydrogen-bond donors (Lipinski definition) is 2. The zero-order chi connectivity index (χ0) is 12.5. The van der Waals surface area contributed by atoms with Crippen molar-refractivity contribution in [1.82, 2.24) is 10.6 Å². The third-order valence-electron chi connectivity index (χ3n) is 4.97. The van der Waals surface area contributed by atoms with E-state index in [0.29, 0.717) is 29.3 Å². The summed E-state index contributed by atoms with van der Waals surface area (Å²) in [5, 5.41) is 7.54. The molecule has 3 rings (SSSR count). The number of carbonyl (C=O) groups is 1. The van der Waals surface area contributed by atoms with E-state index in [1.54, 1.807) is 0 Å². The van der Waals surface area contributed by atoms with Gasteiger partial charge in [-0.05, 0) is 38.4 Å². The molecule has 5 atom stereocenters. The van der Waals surface area contributed by atoms with Gasteiger partial charge in [-0.15, -0.1) is 0 Å². The molecule has 3 aliphatic rings.